The molecule has 3 aromatic carbocycles. The molecule has 38 heavy (non-hydrogen) atoms. The Bertz CT molecular complexity index is 1480. The SMILES string of the molecule is CCc1ccc(C(=O)N(Cc2ccc(OS(=O)(=O)c3cccc(C(F)(F)F)c3)cc2)Cc2ccco2)cc1. The number of amides is 1. The average Bonchev–Trinajstić information content (AvgIpc) is 3.42. The molecule has 1 aromatic heterocycles. The quantitative estimate of drug-likeness (QED) is 0.226. The highest BCUT2D eigenvalue weighted by atomic mass is 32.2. The van der Waals surface area contributed by atoms with Crippen molar-refractivity contribution in [2.45, 2.75) is 37.5 Å². The van der Waals surface area contributed by atoms with Crippen LogP contribution in [0.5, 0.6) is 5.75 Å². The lowest BCUT2D eigenvalue weighted by Gasteiger charge is -2.22. The van der Waals surface area contributed by atoms with E-state index in [0.29, 0.717) is 23.0 Å². The third-order valence-electron chi connectivity index (χ3n) is 5.78. The van der Waals surface area contributed by atoms with Crippen LogP contribution in [0.15, 0.2) is 101 Å². The summed E-state index contributed by atoms with van der Waals surface area (Å²) in [7, 11) is -4.50. The molecular formula is C28H24F3NO5S. The molecular weight excluding hydrogens is 519 g/mol. The molecule has 0 atom stereocenters. The van der Waals surface area contributed by atoms with E-state index >= 15 is 0 Å². The van der Waals surface area contributed by atoms with Gasteiger partial charge in [-0.1, -0.05) is 37.3 Å². The highest BCUT2D eigenvalue weighted by molar-refractivity contribution is 7.87. The number of hydrogen-bond acceptors (Lipinski definition) is 5. The summed E-state index contributed by atoms with van der Waals surface area (Å²) in [4.78, 5) is 14.3. The molecule has 0 aliphatic rings. The molecule has 0 radical (unpaired) electrons. The van der Waals surface area contributed by atoms with Crippen LogP contribution in [0, 0.1) is 0 Å². The summed E-state index contributed by atoms with van der Waals surface area (Å²) in [6.07, 6.45) is -2.32. The van der Waals surface area contributed by atoms with Gasteiger partial charge in [0, 0.05) is 12.1 Å². The van der Waals surface area contributed by atoms with Crippen LogP contribution >= 0.6 is 0 Å². The van der Waals surface area contributed by atoms with Gasteiger partial charge in [0.2, 0.25) is 0 Å². The van der Waals surface area contributed by atoms with Crippen LogP contribution in [0.4, 0.5) is 13.2 Å². The maximum Gasteiger partial charge on any atom is 0.416 e. The molecule has 0 saturated heterocycles. The van der Waals surface area contributed by atoms with Gasteiger partial charge in [-0.25, -0.2) is 0 Å². The summed E-state index contributed by atoms with van der Waals surface area (Å²) >= 11 is 0. The predicted molar refractivity (Wildman–Crippen MR) is 134 cm³/mol. The molecule has 0 spiro atoms. The summed E-state index contributed by atoms with van der Waals surface area (Å²) < 4.78 is 74.5. The molecule has 0 aliphatic heterocycles. The summed E-state index contributed by atoms with van der Waals surface area (Å²) in [6, 6.07) is 20.1. The van der Waals surface area contributed by atoms with Crippen LogP contribution in [0.25, 0.3) is 0 Å². The lowest BCUT2D eigenvalue weighted by Crippen LogP contribution is -2.30. The third kappa shape index (κ3) is 6.63. The number of halogens is 3. The summed E-state index contributed by atoms with van der Waals surface area (Å²) in [6.45, 7) is 2.43. The molecule has 0 N–H and O–H groups in total. The molecule has 1 amide bonds. The second-order valence-corrected chi connectivity index (χ2v) is 10.0. The molecule has 4 aromatic rings. The van der Waals surface area contributed by atoms with Gasteiger partial charge in [0.1, 0.15) is 16.4 Å². The van der Waals surface area contributed by atoms with Crippen molar-refractivity contribution < 1.29 is 35.0 Å². The van der Waals surface area contributed by atoms with Gasteiger partial charge in [0.25, 0.3) is 5.91 Å². The smallest absolute Gasteiger partial charge is 0.416 e. The topological polar surface area (TPSA) is 76.8 Å². The Morgan fingerprint density at radius 2 is 1.58 bits per heavy atom. The number of rotatable bonds is 9. The monoisotopic (exact) mass is 543 g/mol. The highest BCUT2D eigenvalue weighted by Gasteiger charge is 2.32. The number of furan rings is 1. The number of aryl methyl sites for hydroxylation is 1. The minimum absolute atomic E-state index is 0.0785. The number of nitrogens with zero attached hydrogens (tertiary/aromatic N) is 1. The molecule has 198 valence electrons. The summed E-state index contributed by atoms with van der Waals surface area (Å²) in [5.74, 6) is 0.303. The van der Waals surface area contributed by atoms with Crippen LogP contribution in [-0.4, -0.2) is 19.2 Å². The normalized spacial score (nSPS) is 11.8. The number of benzene rings is 3. The van der Waals surface area contributed by atoms with Crippen molar-refractivity contribution in [3.05, 3.63) is 119 Å². The van der Waals surface area contributed by atoms with Crippen molar-refractivity contribution in [3.8, 4) is 5.75 Å². The Balaban J connectivity index is 1.51. The van der Waals surface area contributed by atoms with Gasteiger partial charge >= 0.3 is 16.3 Å². The minimum atomic E-state index is -4.69. The van der Waals surface area contributed by atoms with Crippen LogP contribution in [0.3, 0.4) is 0 Å². The molecule has 0 unspecified atom stereocenters. The zero-order chi connectivity index (χ0) is 27.3. The zero-order valence-electron chi connectivity index (χ0n) is 20.3. The lowest BCUT2D eigenvalue weighted by atomic mass is 10.1. The average molecular weight is 544 g/mol. The van der Waals surface area contributed by atoms with Crippen molar-refractivity contribution >= 4 is 16.0 Å². The van der Waals surface area contributed by atoms with Gasteiger partial charge in [-0.05, 0) is 72.1 Å². The van der Waals surface area contributed by atoms with E-state index in [4.69, 9.17) is 8.60 Å². The standard InChI is InChI=1S/C28H24F3NO5S/c1-2-20-8-12-22(13-9-20)27(33)32(19-25-6-4-16-36-25)18-21-10-14-24(15-11-21)37-38(34,35)26-7-3-5-23(17-26)28(29,30)31/h3-17H,2,18-19H2,1H3. The van der Waals surface area contributed by atoms with Crippen molar-refractivity contribution in [1.29, 1.82) is 0 Å². The molecule has 10 heteroatoms. The Morgan fingerprint density at radius 3 is 2.18 bits per heavy atom. The van der Waals surface area contributed by atoms with Crippen molar-refractivity contribution in [2.75, 3.05) is 0 Å². The second kappa shape index (κ2) is 11.1. The van der Waals surface area contributed by atoms with E-state index in [-0.39, 0.29) is 24.7 Å². The third-order valence-corrected chi connectivity index (χ3v) is 7.02. The van der Waals surface area contributed by atoms with Crippen molar-refractivity contribution in [3.63, 3.8) is 0 Å². The van der Waals surface area contributed by atoms with Crippen LogP contribution in [0.1, 0.15) is 39.7 Å². The zero-order valence-corrected chi connectivity index (χ0v) is 21.1. The van der Waals surface area contributed by atoms with Gasteiger partial charge in [-0.3, -0.25) is 4.79 Å². The van der Waals surface area contributed by atoms with Crippen LogP contribution < -0.4 is 4.18 Å². The van der Waals surface area contributed by atoms with E-state index in [9.17, 15) is 26.4 Å². The summed E-state index contributed by atoms with van der Waals surface area (Å²) in [5, 5.41) is 0. The Kier molecular flexibility index (Phi) is 7.91. The molecule has 0 saturated carbocycles. The van der Waals surface area contributed by atoms with Crippen molar-refractivity contribution in [2.24, 2.45) is 0 Å². The Morgan fingerprint density at radius 1 is 0.895 bits per heavy atom. The fraction of sp³-hybridized carbons (Fsp3) is 0.179. The first-order chi connectivity index (χ1) is 18.0. The maximum absolute atomic E-state index is 13.3. The van der Waals surface area contributed by atoms with Gasteiger partial charge in [-0.2, -0.15) is 21.6 Å². The number of hydrogen-bond donors (Lipinski definition) is 0. The van der Waals surface area contributed by atoms with Gasteiger partial charge in [-0.15, -0.1) is 0 Å². The second-order valence-electron chi connectivity index (χ2n) is 8.50. The molecule has 0 fully saturated rings. The Hall–Kier alpha value is -4.05. The first-order valence-electron chi connectivity index (χ1n) is 11.7. The van der Waals surface area contributed by atoms with Gasteiger partial charge < -0.3 is 13.5 Å². The number of carbonyl (C=O) groups is 1. The van der Waals surface area contributed by atoms with Crippen LogP contribution in [-0.2, 0) is 35.8 Å². The first-order valence-corrected chi connectivity index (χ1v) is 13.1. The van der Waals surface area contributed by atoms with E-state index in [1.807, 2.05) is 19.1 Å². The lowest BCUT2D eigenvalue weighted by molar-refractivity contribution is -0.137. The predicted octanol–water partition coefficient (Wildman–Crippen LogP) is 6.47. The van der Waals surface area contributed by atoms with Crippen LogP contribution in [0.2, 0.25) is 0 Å². The van der Waals surface area contributed by atoms with Crippen molar-refractivity contribution in [1.82, 2.24) is 4.90 Å². The minimum Gasteiger partial charge on any atom is -0.467 e. The molecule has 4 rings (SSSR count). The fourth-order valence-corrected chi connectivity index (χ4v) is 4.71. The molecule has 6 nitrogen and oxygen atoms in total. The van der Waals surface area contributed by atoms with E-state index in [1.54, 1.807) is 41.3 Å². The Labute approximate surface area is 218 Å². The molecule has 0 aliphatic carbocycles. The molecule has 1 heterocycles. The van der Waals surface area contributed by atoms with E-state index in [1.165, 1.54) is 18.4 Å². The van der Waals surface area contributed by atoms with Gasteiger partial charge in [0.05, 0.1) is 18.4 Å². The largest absolute Gasteiger partial charge is 0.467 e. The summed E-state index contributed by atoms with van der Waals surface area (Å²) in [5.41, 5.74) is 1.21. The maximum atomic E-state index is 13.3. The van der Waals surface area contributed by atoms with E-state index in [2.05, 4.69) is 0 Å². The number of carbonyl (C=O) groups excluding carboxylic acids is 1. The molecule has 0 bridgehead atoms. The fourth-order valence-electron chi connectivity index (χ4n) is 3.73. The van der Waals surface area contributed by atoms with E-state index < -0.39 is 26.8 Å². The highest BCUT2D eigenvalue weighted by Crippen LogP contribution is 2.31. The first kappa shape index (κ1) is 27.0. The van der Waals surface area contributed by atoms with E-state index in [0.717, 1.165) is 30.2 Å². The van der Waals surface area contributed by atoms with Gasteiger partial charge in [0.15, 0.2) is 0 Å². The number of alkyl halides is 3.